The van der Waals surface area contributed by atoms with Gasteiger partial charge in [0.2, 0.25) is 5.89 Å². The van der Waals surface area contributed by atoms with E-state index in [2.05, 4.69) is 25.8 Å². The van der Waals surface area contributed by atoms with E-state index in [1.807, 2.05) is 20.8 Å². The van der Waals surface area contributed by atoms with Crippen LogP contribution in [0.4, 0.5) is 13.2 Å². The zero-order valence-electron chi connectivity index (χ0n) is 18.8. The van der Waals surface area contributed by atoms with E-state index < -0.39 is 34.8 Å². The molecule has 11 heteroatoms. The Bertz CT molecular complexity index is 1200. The molecule has 3 aromatic rings. The second-order valence-corrected chi connectivity index (χ2v) is 9.11. The third-order valence-electron chi connectivity index (χ3n) is 5.50. The molecule has 0 saturated carbocycles. The summed E-state index contributed by atoms with van der Waals surface area (Å²) in [5.74, 6) is -3.21. The number of fused-ring (bicyclic) bond motifs is 1. The van der Waals surface area contributed by atoms with E-state index in [0.29, 0.717) is 43.6 Å². The standard InChI is InChI=1S/C22H25F3N6O2/c1-11-27-21(33-30-11)18(22(2,3)4)29-20(32)17-16-10-26-6-5-7-31(16)19(28-17)12-8-14(24)15(25)9-13(12)23/h8-9,18,26H,5-7,10H2,1-4H3,(H,29,32)/t18-/m1/s1. The maximum absolute atomic E-state index is 14.6. The van der Waals surface area contributed by atoms with E-state index in [1.165, 1.54) is 0 Å². The lowest BCUT2D eigenvalue weighted by atomic mass is 9.86. The van der Waals surface area contributed by atoms with Crippen molar-refractivity contribution in [2.45, 2.75) is 53.2 Å². The number of hydrogen-bond donors (Lipinski definition) is 2. The van der Waals surface area contributed by atoms with Crippen molar-refractivity contribution in [2.75, 3.05) is 6.54 Å². The molecule has 0 aliphatic carbocycles. The van der Waals surface area contributed by atoms with Crippen LogP contribution in [0.5, 0.6) is 0 Å². The quantitative estimate of drug-likeness (QED) is 0.575. The fourth-order valence-electron chi connectivity index (χ4n) is 3.84. The predicted molar refractivity (Wildman–Crippen MR) is 113 cm³/mol. The lowest BCUT2D eigenvalue weighted by Gasteiger charge is -2.28. The highest BCUT2D eigenvalue weighted by Gasteiger charge is 2.35. The van der Waals surface area contributed by atoms with Crippen LogP contribution in [-0.2, 0) is 13.1 Å². The maximum Gasteiger partial charge on any atom is 0.272 e. The second-order valence-electron chi connectivity index (χ2n) is 9.11. The summed E-state index contributed by atoms with van der Waals surface area (Å²) in [6, 6.07) is 0.624. The van der Waals surface area contributed by atoms with Crippen LogP contribution in [0.15, 0.2) is 16.7 Å². The van der Waals surface area contributed by atoms with E-state index >= 15 is 0 Å². The Labute approximate surface area is 188 Å². The van der Waals surface area contributed by atoms with Crippen LogP contribution < -0.4 is 10.6 Å². The van der Waals surface area contributed by atoms with Gasteiger partial charge >= 0.3 is 0 Å². The highest BCUT2D eigenvalue weighted by molar-refractivity contribution is 5.94. The van der Waals surface area contributed by atoms with Gasteiger partial charge < -0.3 is 19.7 Å². The molecule has 0 spiro atoms. The molecule has 1 amide bonds. The van der Waals surface area contributed by atoms with Gasteiger partial charge in [-0.05, 0) is 31.4 Å². The number of nitrogens with one attached hydrogen (secondary N) is 2. The summed E-state index contributed by atoms with van der Waals surface area (Å²) >= 11 is 0. The van der Waals surface area contributed by atoms with Crippen molar-refractivity contribution in [1.82, 2.24) is 30.3 Å². The Morgan fingerprint density at radius 2 is 1.91 bits per heavy atom. The third-order valence-corrected chi connectivity index (χ3v) is 5.50. The van der Waals surface area contributed by atoms with E-state index in [1.54, 1.807) is 11.5 Å². The molecule has 3 heterocycles. The summed E-state index contributed by atoms with van der Waals surface area (Å²) in [5, 5.41) is 9.92. The molecule has 0 radical (unpaired) electrons. The van der Waals surface area contributed by atoms with Gasteiger partial charge in [0.25, 0.3) is 5.91 Å². The first kappa shape index (κ1) is 23.0. The van der Waals surface area contributed by atoms with Crippen LogP contribution in [-0.4, -0.2) is 32.1 Å². The van der Waals surface area contributed by atoms with Crippen molar-refractivity contribution >= 4 is 5.91 Å². The summed E-state index contributed by atoms with van der Waals surface area (Å²) in [4.78, 5) is 22.0. The predicted octanol–water partition coefficient (Wildman–Crippen LogP) is 3.67. The third kappa shape index (κ3) is 4.50. The SMILES string of the molecule is Cc1noc([C@@H](NC(=O)c2nc(-c3cc(F)c(F)cc3F)n3c2CNCCC3)C(C)(C)C)n1. The van der Waals surface area contributed by atoms with E-state index in [0.717, 1.165) is 6.07 Å². The molecule has 176 valence electrons. The smallest absolute Gasteiger partial charge is 0.272 e. The highest BCUT2D eigenvalue weighted by atomic mass is 19.2. The van der Waals surface area contributed by atoms with Crippen molar-refractivity contribution in [3.63, 3.8) is 0 Å². The van der Waals surface area contributed by atoms with Crippen molar-refractivity contribution < 1.29 is 22.5 Å². The molecule has 2 aromatic heterocycles. The van der Waals surface area contributed by atoms with E-state index in [-0.39, 0.29) is 23.0 Å². The van der Waals surface area contributed by atoms with Gasteiger partial charge in [-0.3, -0.25) is 4.79 Å². The van der Waals surface area contributed by atoms with Gasteiger partial charge in [-0.2, -0.15) is 4.98 Å². The zero-order valence-corrected chi connectivity index (χ0v) is 18.8. The Morgan fingerprint density at radius 3 is 2.58 bits per heavy atom. The van der Waals surface area contributed by atoms with E-state index in [4.69, 9.17) is 4.52 Å². The molecule has 0 saturated heterocycles. The Balaban J connectivity index is 1.78. The lowest BCUT2D eigenvalue weighted by Crippen LogP contribution is -2.37. The molecule has 8 nitrogen and oxygen atoms in total. The van der Waals surface area contributed by atoms with Crippen LogP contribution in [0, 0.1) is 29.8 Å². The summed E-state index contributed by atoms with van der Waals surface area (Å²) < 4.78 is 49.0. The zero-order chi connectivity index (χ0) is 23.9. The highest BCUT2D eigenvalue weighted by Crippen LogP contribution is 2.33. The van der Waals surface area contributed by atoms with Gasteiger partial charge in [0.05, 0.1) is 11.3 Å². The molecule has 0 unspecified atom stereocenters. The number of imidazole rings is 1. The van der Waals surface area contributed by atoms with Crippen molar-refractivity contribution in [2.24, 2.45) is 5.41 Å². The fraction of sp³-hybridized carbons (Fsp3) is 0.455. The molecule has 1 aliphatic heterocycles. The Hall–Kier alpha value is -3.21. The van der Waals surface area contributed by atoms with Crippen molar-refractivity contribution in [3.8, 4) is 11.4 Å². The molecular weight excluding hydrogens is 437 g/mol. The number of amides is 1. The van der Waals surface area contributed by atoms with Crippen LogP contribution >= 0.6 is 0 Å². The Morgan fingerprint density at radius 1 is 1.18 bits per heavy atom. The van der Waals surface area contributed by atoms with Gasteiger partial charge in [-0.1, -0.05) is 25.9 Å². The largest absolute Gasteiger partial charge is 0.338 e. The monoisotopic (exact) mass is 462 g/mol. The molecular formula is C22H25F3N6O2. The first-order valence-electron chi connectivity index (χ1n) is 10.6. The maximum atomic E-state index is 14.6. The summed E-state index contributed by atoms with van der Waals surface area (Å²) in [6.07, 6.45) is 0.689. The molecule has 0 bridgehead atoms. The van der Waals surface area contributed by atoms with Gasteiger partial charge in [0.15, 0.2) is 23.2 Å². The minimum atomic E-state index is -1.29. The number of benzene rings is 1. The van der Waals surface area contributed by atoms with Gasteiger partial charge in [0, 0.05) is 19.2 Å². The number of halogens is 3. The molecule has 1 aromatic carbocycles. The minimum absolute atomic E-state index is 0.0639. The summed E-state index contributed by atoms with van der Waals surface area (Å²) in [7, 11) is 0. The second kappa shape index (κ2) is 8.62. The molecule has 0 fully saturated rings. The van der Waals surface area contributed by atoms with E-state index in [9.17, 15) is 18.0 Å². The van der Waals surface area contributed by atoms with Crippen LogP contribution in [0.25, 0.3) is 11.4 Å². The topological polar surface area (TPSA) is 97.9 Å². The first-order valence-corrected chi connectivity index (χ1v) is 10.6. The lowest BCUT2D eigenvalue weighted by molar-refractivity contribution is 0.0875. The van der Waals surface area contributed by atoms with Gasteiger partial charge in [0.1, 0.15) is 17.7 Å². The molecule has 1 atom stereocenters. The summed E-state index contributed by atoms with van der Waals surface area (Å²) in [5.41, 5.74) is -0.0954. The van der Waals surface area contributed by atoms with Crippen molar-refractivity contribution in [3.05, 3.63) is 52.7 Å². The number of carbonyl (C=O) groups is 1. The molecule has 33 heavy (non-hydrogen) atoms. The van der Waals surface area contributed by atoms with Gasteiger partial charge in [-0.25, -0.2) is 18.2 Å². The van der Waals surface area contributed by atoms with Crippen LogP contribution in [0.3, 0.4) is 0 Å². The number of carbonyl (C=O) groups excluding carboxylic acids is 1. The average Bonchev–Trinajstić information content (AvgIpc) is 3.23. The fourth-order valence-corrected chi connectivity index (χ4v) is 3.84. The summed E-state index contributed by atoms with van der Waals surface area (Å²) in [6.45, 7) is 8.83. The number of aromatic nitrogens is 4. The van der Waals surface area contributed by atoms with Crippen LogP contribution in [0.1, 0.15) is 61.1 Å². The number of nitrogens with zero attached hydrogens (tertiary/aromatic N) is 4. The number of hydrogen-bond acceptors (Lipinski definition) is 6. The van der Waals surface area contributed by atoms with Crippen LogP contribution in [0.2, 0.25) is 0 Å². The molecule has 4 rings (SSSR count). The van der Waals surface area contributed by atoms with Crippen molar-refractivity contribution in [1.29, 1.82) is 0 Å². The minimum Gasteiger partial charge on any atom is -0.338 e. The number of rotatable bonds is 4. The molecule has 2 N–H and O–H groups in total. The first-order chi connectivity index (χ1) is 15.6. The average molecular weight is 462 g/mol. The van der Waals surface area contributed by atoms with Gasteiger partial charge in [-0.15, -0.1) is 0 Å². The Kier molecular flexibility index (Phi) is 6.00. The normalized spacial score (nSPS) is 15.1. The number of aryl methyl sites for hydroxylation is 1. The molecule has 1 aliphatic rings.